The number of carbonyl (C=O) groups excluding carboxylic acids is 1. The summed E-state index contributed by atoms with van der Waals surface area (Å²) in [7, 11) is -3.55. The van der Waals surface area contributed by atoms with E-state index in [1.54, 1.807) is 23.1 Å². The predicted octanol–water partition coefficient (Wildman–Crippen LogP) is 3.46. The Morgan fingerprint density at radius 1 is 1.03 bits per heavy atom. The molecule has 156 valence electrons. The van der Waals surface area contributed by atoms with E-state index < -0.39 is 10.0 Å². The van der Waals surface area contributed by atoms with E-state index in [4.69, 9.17) is 0 Å². The zero-order chi connectivity index (χ0) is 21.3. The first-order valence-electron chi connectivity index (χ1n) is 9.74. The molecule has 0 N–H and O–H groups in total. The van der Waals surface area contributed by atoms with Gasteiger partial charge in [-0.15, -0.1) is 11.3 Å². The minimum Gasteiger partial charge on any atom is -0.337 e. The number of amides is 1. The van der Waals surface area contributed by atoms with Crippen LogP contribution in [0.25, 0.3) is 16.3 Å². The van der Waals surface area contributed by atoms with Gasteiger partial charge in [0.15, 0.2) is 0 Å². The van der Waals surface area contributed by atoms with Gasteiger partial charge in [0.2, 0.25) is 15.9 Å². The SMILES string of the molecule is Cc1ccc(S(=O)(=O)N2CCN(C(=O)/C=C/c3nc4ccccc4s3)CC2)cc1C. The van der Waals surface area contributed by atoms with Crippen molar-refractivity contribution in [1.29, 1.82) is 0 Å². The predicted molar refractivity (Wildman–Crippen MR) is 120 cm³/mol. The molecule has 0 atom stereocenters. The Morgan fingerprint density at radius 3 is 2.47 bits per heavy atom. The van der Waals surface area contributed by atoms with Gasteiger partial charge in [-0.25, -0.2) is 13.4 Å². The Kier molecular flexibility index (Phi) is 5.73. The highest BCUT2D eigenvalue weighted by Gasteiger charge is 2.29. The third-order valence-electron chi connectivity index (χ3n) is 5.35. The van der Waals surface area contributed by atoms with Crippen molar-refractivity contribution in [2.45, 2.75) is 18.7 Å². The number of piperazine rings is 1. The zero-order valence-electron chi connectivity index (χ0n) is 16.9. The normalized spacial score (nSPS) is 15.9. The maximum absolute atomic E-state index is 12.9. The first kappa shape index (κ1) is 20.7. The van der Waals surface area contributed by atoms with Gasteiger partial charge in [0.05, 0.1) is 15.1 Å². The quantitative estimate of drug-likeness (QED) is 0.582. The molecule has 8 heteroatoms. The first-order chi connectivity index (χ1) is 14.3. The van der Waals surface area contributed by atoms with Crippen LogP contribution >= 0.6 is 11.3 Å². The van der Waals surface area contributed by atoms with Crippen LogP contribution < -0.4 is 0 Å². The summed E-state index contributed by atoms with van der Waals surface area (Å²) in [4.78, 5) is 19.0. The lowest BCUT2D eigenvalue weighted by molar-refractivity contribution is -0.127. The molecule has 3 aromatic rings. The summed E-state index contributed by atoms with van der Waals surface area (Å²) in [5.41, 5.74) is 2.92. The summed E-state index contributed by atoms with van der Waals surface area (Å²) in [5, 5.41) is 0.778. The maximum Gasteiger partial charge on any atom is 0.246 e. The Morgan fingerprint density at radius 2 is 1.77 bits per heavy atom. The Bertz CT molecular complexity index is 1190. The second-order valence-electron chi connectivity index (χ2n) is 7.33. The van der Waals surface area contributed by atoms with Gasteiger partial charge >= 0.3 is 0 Å². The van der Waals surface area contributed by atoms with Crippen molar-refractivity contribution in [2.24, 2.45) is 0 Å². The van der Waals surface area contributed by atoms with Gasteiger partial charge in [0, 0.05) is 32.3 Å². The molecule has 0 aliphatic carbocycles. The van der Waals surface area contributed by atoms with Gasteiger partial charge in [0.1, 0.15) is 5.01 Å². The fraction of sp³-hybridized carbons (Fsp3) is 0.273. The van der Waals surface area contributed by atoms with E-state index in [-0.39, 0.29) is 19.0 Å². The number of rotatable bonds is 4. The molecule has 2 heterocycles. The molecule has 4 rings (SSSR count). The standard InChI is InChI=1S/C22H23N3O3S2/c1-16-7-8-18(15-17(16)2)30(27,28)25-13-11-24(12-14-25)22(26)10-9-21-23-19-5-3-4-6-20(19)29-21/h3-10,15H,11-14H2,1-2H3/b10-9+. The van der Waals surface area contributed by atoms with E-state index in [1.807, 2.05) is 44.2 Å². The highest BCUT2D eigenvalue weighted by atomic mass is 32.2. The lowest BCUT2D eigenvalue weighted by Crippen LogP contribution is -2.50. The molecular formula is C22H23N3O3S2. The van der Waals surface area contributed by atoms with E-state index in [2.05, 4.69) is 4.98 Å². The largest absolute Gasteiger partial charge is 0.337 e. The molecular weight excluding hydrogens is 418 g/mol. The number of thiazole rings is 1. The Labute approximate surface area is 180 Å². The van der Waals surface area contributed by atoms with Crippen LogP contribution in [0.4, 0.5) is 0 Å². The third-order valence-corrected chi connectivity index (χ3v) is 8.24. The van der Waals surface area contributed by atoms with Crippen molar-refractivity contribution < 1.29 is 13.2 Å². The van der Waals surface area contributed by atoms with Crippen molar-refractivity contribution >= 4 is 43.6 Å². The summed E-state index contributed by atoms with van der Waals surface area (Å²) in [6.45, 7) is 5.17. The van der Waals surface area contributed by atoms with Gasteiger partial charge in [-0.3, -0.25) is 4.79 Å². The summed E-state index contributed by atoms with van der Waals surface area (Å²) in [6, 6.07) is 13.0. The highest BCUT2D eigenvalue weighted by molar-refractivity contribution is 7.89. The number of nitrogens with zero attached hydrogens (tertiary/aromatic N) is 3. The molecule has 1 aromatic heterocycles. The van der Waals surface area contributed by atoms with Gasteiger partial charge in [-0.1, -0.05) is 18.2 Å². The number of aromatic nitrogens is 1. The summed E-state index contributed by atoms with van der Waals surface area (Å²) in [5.74, 6) is -0.127. The van der Waals surface area contributed by atoms with Crippen molar-refractivity contribution in [3.05, 3.63) is 64.7 Å². The van der Waals surface area contributed by atoms with Crippen LogP contribution in [-0.2, 0) is 14.8 Å². The van der Waals surface area contributed by atoms with Crippen molar-refractivity contribution in [1.82, 2.24) is 14.2 Å². The van der Waals surface area contributed by atoms with Crippen LogP contribution in [0.5, 0.6) is 0 Å². The van der Waals surface area contributed by atoms with Gasteiger partial charge in [-0.2, -0.15) is 4.31 Å². The molecule has 0 radical (unpaired) electrons. The third kappa shape index (κ3) is 4.16. The lowest BCUT2D eigenvalue weighted by Gasteiger charge is -2.33. The molecule has 1 saturated heterocycles. The number of hydrogen-bond acceptors (Lipinski definition) is 5. The molecule has 6 nitrogen and oxygen atoms in total. The molecule has 1 amide bonds. The fourth-order valence-electron chi connectivity index (χ4n) is 3.38. The molecule has 1 fully saturated rings. The second kappa shape index (κ2) is 8.29. The number of carbonyl (C=O) groups is 1. The minimum atomic E-state index is -3.55. The van der Waals surface area contributed by atoms with Crippen molar-refractivity contribution in [3.8, 4) is 0 Å². The number of aryl methyl sites for hydroxylation is 2. The Hall–Kier alpha value is -2.55. The monoisotopic (exact) mass is 441 g/mol. The van der Waals surface area contributed by atoms with E-state index in [0.717, 1.165) is 26.4 Å². The van der Waals surface area contributed by atoms with Gasteiger partial charge in [-0.05, 0) is 55.3 Å². The lowest BCUT2D eigenvalue weighted by atomic mass is 10.1. The summed E-state index contributed by atoms with van der Waals surface area (Å²) >= 11 is 1.53. The van der Waals surface area contributed by atoms with Crippen LogP contribution in [0, 0.1) is 13.8 Å². The van der Waals surface area contributed by atoms with Gasteiger partial charge < -0.3 is 4.90 Å². The molecule has 1 aliphatic heterocycles. The smallest absolute Gasteiger partial charge is 0.246 e. The summed E-state index contributed by atoms with van der Waals surface area (Å²) < 4.78 is 28.4. The average Bonchev–Trinajstić information content (AvgIpc) is 3.17. The highest BCUT2D eigenvalue weighted by Crippen LogP contribution is 2.23. The maximum atomic E-state index is 12.9. The Balaban J connectivity index is 1.39. The van der Waals surface area contributed by atoms with Crippen LogP contribution in [0.3, 0.4) is 0 Å². The number of fused-ring (bicyclic) bond motifs is 1. The van der Waals surface area contributed by atoms with Crippen LogP contribution in [0.15, 0.2) is 53.4 Å². The van der Waals surface area contributed by atoms with Crippen LogP contribution in [0.2, 0.25) is 0 Å². The molecule has 2 aromatic carbocycles. The number of para-hydroxylation sites is 1. The number of sulfonamides is 1. The molecule has 30 heavy (non-hydrogen) atoms. The molecule has 1 aliphatic rings. The fourth-order valence-corrected chi connectivity index (χ4v) is 5.76. The van der Waals surface area contributed by atoms with E-state index in [1.165, 1.54) is 21.7 Å². The second-order valence-corrected chi connectivity index (χ2v) is 10.3. The molecule has 0 saturated carbocycles. The topological polar surface area (TPSA) is 70.6 Å². The molecule has 0 spiro atoms. The average molecular weight is 442 g/mol. The minimum absolute atomic E-state index is 0.127. The van der Waals surface area contributed by atoms with Crippen LogP contribution in [-0.4, -0.2) is 54.7 Å². The number of benzene rings is 2. The van der Waals surface area contributed by atoms with Crippen molar-refractivity contribution in [2.75, 3.05) is 26.2 Å². The molecule has 0 bridgehead atoms. The zero-order valence-corrected chi connectivity index (χ0v) is 18.5. The van der Waals surface area contributed by atoms with E-state index in [9.17, 15) is 13.2 Å². The van der Waals surface area contributed by atoms with Gasteiger partial charge in [0.25, 0.3) is 0 Å². The van der Waals surface area contributed by atoms with Crippen LogP contribution in [0.1, 0.15) is 16.1 Å². The first-order valence-corrected chi connectivity index (χ1v) is 12.0. The van der Waals surface area contributed by atoms with E-state index in [0.29, 0.717) is 18.0 Å². The summed E-state index contributed by atoms with van der Waals surface area (Å²) in [6.07, 6.45) is 3.25. The molecule has 0 unspecified atom stereocenters. The van der Waals surface area contributed by atoms with Crippen molar-refractivity contribution in [3.63, 3.8) is 0 Å². The van der Waals surface area contributed by atoms with E-state index >= 15 is 0 Å². The number of hydrogen-bond donors (Lipinski definition) is 0.